The topological polar surface area (TPSA) is 59.0 Å². The number of fused-ring (bicyclic) bond motifs is 1. The van der Waals surface area contributed by atoms with Crippen LogP contribution in [0.1, 0.15) is 22.7 Å². The summed E-state index contributed by atoms with van der Waals surface area (Å²) in [6.45, 7) is 0.415. The van der Waals surface area contributed by atoms with Crippen molar-refractivity contribution in [2.24, 2.45) is 0 Å². The van der Waals surface area contributed by atoms with Gasteiger partial charge in [-0.15, -0.1) is 0 Å². The molecule has 30 heavy (non-hydrogen) atoms. The minimum Gasteiger partial charge on any atom is -0.503 e. The van der Waals surface area contributed by atoms with Crippen LogP contribution in [0.15, 0.2) is 78.6 Å². The number of halogens is 1. The Morgan fingerprint density at radius 2 is 1.70 bits per heavy atom. The van der Waals surface area contributed by atoms with Gasteiger partial charge in [0, 0.05) is 12.1 Å². The Balaban J connectivity index is 1.57. The molecular weight excluding hydrogens is 385 g/mol. The number of aliphatic hydroxyl groups is 1. The molecule has 0 aliphatic carbocycles. The highest BCUT2D eigenvalue weighted by atomic mass is 19.1. The van der Waals surface area contributed by atoms with Crippen molar-refractivity contribution in [1.29, 1.82) is 0 Å². The summed E-state index contributed by atoms with van der Waals surface area (Å²) >= 11 is 0. The van der Waals surface area contributed by atoms with Crippen LogP contribution in [-0.4, -0.2) is 22.7 Å². The standard InChI is InChI=1S/C24H18FNO4/c25-18-9-7-17(8-10-18)22-21(16-4-2-1-3-5-16)23(27)24(28)26(22)13-15-6-11-19-20(12-15)30-14-29-19/h1-12,22,27H,13-14H2. The lowest BCUT2D eigenvalue weighted by Gasteiger charge is -2.27. The summed E-state index contributed by atoms with van der Waals surface area (Å²) in [6, 6.07) is 20.2. The number of carbonyl (C=O) groups excluding carboxylic acids is 1. The number of carbonyl (C=O) groups is 1. The maximum Gasteiger partial charge on any atom is 0.290 e. The molecule has 5 rings (SSSR count). The van der Waals surface area contributed by atoms with E-state index in [-0.39, 0.29) is 24.9 Å². The molecule has 0 fully saturated rings. The molecule has 0 saturated heterocycles. The first-order valence-electron chi connectivity index (χ1n) is 9.55. The van der Waals surface area contributed by atoms with Gasteiger partial charge in [-0.1, -0.05) is 48.5 Å². The summed E-state index contributed by atoms with van der Waals surface area (Å²) in [7, 11) is 0. The van der Waals surface area contributed by atoms with Gasteiger partial charge in [-0.05, 0) is 41.0 Å². The first kappa shape index (κ1) is 18.2. The molecule has 5 nitrogen and oxygen atoms in total. The molecule has 0 spiro atoms. The largest absolute Gasteiger partial charge is 0.503 e. The molecule has 150 valence electrons. The van der Waals surface area contributed by atoms with E-state index in [0.717, 1.165) is 11.1 Å². The molecule has 0 saturated carbocycles. The van der Waals surface area contributed by atoms with Crippen LogP contribution in [0.5, 0.6) is 11.5 Å². The number of amides is 1. The van der Waals surface area contributed by atoms with Gasteiger partial charge in [-0.2, -0.15) is 0 Å². The van der Waals surface area contributed by atoms with E-state index >= 15 is 0 Å². The Kier molecular flexibility index (Phi) is 4.39. The molecule has 1 atom stereocenters. The molecule has 1 N–H and O–H groups in total. The van der Waals surface area contributed by atoms with E-state index < -0.39 is 11.9 Å². The highest BCUT2D eigenvalue weighted by Gasteiger charge is 2.41. The smallest absolute Gasteiger partial charge is 0.290 e. The lowest BCUT2D eigenvalue weighted by Crippen LogP contribution is -2.29. The van der Waals surface area contributed by atoms with Gasteiger partial charge in [0.1, 0.15) is 5.82 Å². The second kappa shape index (κ2) is 7.22. The number of rotatable bonds is 4. The number of aliphatic hydroxyl groups excluding tert-OH is 1. The first-order valence-corrected chi connectivity index (χ1v) is 9.55. The van der Waals surface area contributed by atoms with Crippen LogP contribution in [-0.2, 0) is 11.3 Å². The molecule has 3 aromatic carbocycles. The highest BCUT2D eigenvalue weighted by molar-refractivity contribution is 6.05. The highest BCUT2D eigenvalue weighted by Crippen LogP contribution is 2.44. The van der Waals surface area contributed by atoms with Gasteiger partial charge >= 0.3 is 0 Å². The quantitative estimate of drug-likeness (QED) is 0.691. The number of hydrogen-bond donors (Lipinski definition) is 1. The Bertz CT molecular complexity index is 1140. The number of ether oxygens (including phenoxy) is 2. The monoisotopic (exact) mass is 403 g/mol. The van der Waals surface area contributed by atoms with Crippen molar-refractivity contribution in [3.8, 4) is 11.5 Å². The van der Waals surface area contributed by atoms with Crippen LogP contribution in [0, 0.1) is 5.82 Å². The molecule has 1 amide bonds. The van der Waals surface area contributed by atoms with E-state index in [4.69, 9.17) is 9.47 Å². The zero-order valence-electron chi connectivity index (χ0n) is 15.9. The molecule has 2 aliphatic rings. The normalized spacial score (nSPS) is 17.7. The van der Waals surface area contributed by atoms with Crippen molar-refractivity contribution in [2.45, 2.75) is 12.6 Å². The van der Waals surface area contributed by atoms with Gasteiger partial charge < -0.3 is 19.5 Å². The summed E-state index contributed by atoms with van der Waals surface area (Å²) in [4.78, 5) is 14.7. The SMILES string of the molecule is O=C1C(O)=C(c2ccccc2)C(c2ccc(F)cc2)N1Cc1ccc2c(c1)OCO2. The van der Waals surface area contributed by atoms with E-state index in [1.807, 2.05) is 42.5 Å². The minimum atomic E-state index is -0.550. The van der Waals surface area contributed by atoms with Crippen molar-refractivity contribution in [3.05, 3.63) is 101 Å². The van der Waals surface area contributed by atoms with Crippen LogP contribution in [0.25, 0.3) is 5.57 Å². The molecule has 1 unspecified atom stereocenters. The van der Waals surface area contributed by atoms with Crippen LogP contribution >= 0.6 is 0 Å². The lowest BCUT2D eigenvalue weighted by molar-refractivity contribution is -0.130. The number of hydrogen-bond acceptors (Lipinski definition) is 4. The third-order valence-corrected chi connectivity index (χ3v) is 5.36. The average Bonchev–Trinajstić information content (AvgIpc) is 3.33. The summed E-state index contributed by atoms with van der Waals surface area (Å²) in [6.07, 6.45) is 0. The van der Waals surface area contributed by atoms with Crippen LogP contribution in [0.3, 0.4) is 0 Å². The molecular formula is C24H18FNO4. The fourth-order valence-corrected chi connectivity index (χ4v) is 3.96. The van der Waals surface area contributed by atoms with E-state index in [1.54, 1.807) is 23.1 Å². The zero-order valence-corrected chi connectivity index (χ0v) is 15.9. The third kappa shape index (κ3) is 3.06. The van der Waals surface area contributed by atoms with Gasteiger partial charge in [0.25, 0.3) is 5.91 Å². The Morgan fingerprint density at radius 1 is 0.967 bits per heavy atom. The molecule has 3 aromatic rings. The second-order valence-corrected chi connectivity index (χ2v) is 7.20. The predicted octanol–water partition coefficient (Wildman–Crippen LogP) is 4.61. The van der Waals surface area contributed by atoms with E-state index in [9.17, 15) is 14.3 Å². The van der Waals surface area contributed by atoms with Gasteiger partial charge in [-0.25, -0.2) is 4.39 Å². The molecule has 2 heterocycles. The van der Waals surface area contributed by atoms with Gasteiger partial charge in [0.2, 0.25) is 6.79 Å². The summed E-state index contributed by atoms with van der Waals surface area (Å²) in [5.74, 6) is 0.155. The molecule has 0 radical (unpaired) electrons. The summed E-state index contributed by atoms with van der Waals surface area (Å²) < 4.78 is 24.3. The Hall–Kier alpha value is -3.80. The van der Waals surface area contributed by atoms with Gasteiger partial charge in [0.15, 0.2) is 17.3 Å². The van der Waals surface area contributed by atoms with Crippen LogP contribution in [0.2, 0.25) is 0 Å². The molecule has 2 aliphatic heterocycles. The van der Waals surface area contributed by atoms with E-state index in [2.05, 4.69) is 0 Å². The van der Waals surface area contributed by atoms with E-state index in [1.165, 1.54) is 12.1 Å². The molecule has 6 heteroatoms. The van der Waals surface area contributed by atoms with E-state index in [0.29, 0.717) is 22.6 Å². The van der Waals surface area contributed by atoms with Gasteiger partial charge in [0.05, 0.1) is 6.04 Å². The molecule has 0 bridgehead atoms. The Morgan fingerprint density at radius 3 is 2.47 bits per heavy atom. The van der Waals surface area contributed by atoms with Crippen molar-refractivity contribution in [1.82, 2.24) is 4.90 Å². The zero-order chi connectivity index (χ0) is 20.7. The number of benzene rings is 3. The second-order valence-electron chi connectivity index (χ2n) is 7.20. The van der Waals surface area contributed by atoms with Crippen molar-refractivity contribution < 1.29 is 23.8 Å². The van der Waals surface area contributed by atoms with Crippen LogP contribution < -0.4 is 9.47 Å². The fourth-order valence-electron chi connectivity index (χ4n) is 3.96. The average molecular weight is 403 g/mol. The Labute approximate surface area is 172 Å². The summed E-state index contributed by atoms with van der Waals surface area (Å²) in [5.41, 5.74) is 2.80. The lowest BCUT2D eigenvalue weighted by atomic mass is 9.93. The van der Waals surface area contributed by atoms with Crippen molar-refractivity contribution >= 4 is 11.5 Å². The van der Waals surface area contributed by atoms with Crippen LogP contribution in [0.4, 0.5) is 4.39 Å². The fraction of sp³-hybridized carbons (Fsp3) is 0.125. The minimum absolute atomic E-state index is 0.167. The maximum absolute atomic E-state index is 13.6. The maximum atomic E-state index is 13.6. The van der Waals surface area contributed by atoms with Crippen molar-refractivity contribution in [3.63, 3.8) is 0 Å². The number of nitrogens with zero attached hydrogens (tertiary/aromatic N) is 1. The first-order chi connectivity index (χ1) is 14.6. The van der Waals surface area contributed by atoms with Crippen molar-refractivity contribution in [2.75, 3.05) is 6.79 Å². The predicted molar refractivity (Wildman–Crippen MR) is 108 cm³/mol. The summed E-state index contributed by atoms with van der Waals surface area (Å²) in [5, 5.41) is 10.8. The molecule has 0 aromatic heterocycles. The van der Waals surface area contributed by atoms with Gasteiger partial charge in [-0.3, -0.25) is 4.79 Å². The third-order valence-electron chi connectivity index (χ3n) is 5.36.